The van der Waals surface area contributed by atoms with Gasteiger partial charge in [0, 0.05) is 6.26 Å². The lowest BCUT2D eigenvalue weighted by molar-refractivity contribution is 0.0692. The highest BCUT2D eigenvalue weighted by Crippen LogP contribution is 2.23. The number of carboxylic acids is 1. The van der Waals surface area contributed by atoms with Crippen LogP contribution in [0.3, 0.4) is 0 Å². The average Bonchev–Trinajstić information content (AvgIpc) is 2.38. The van der Waals surface area contributed by atoms with E-state index >= 15 is 0 Å². The smallest absolute Gasteiger partial charge is 0.342 e. The quantitative estimate of drug-likeness (QED) is 0.848. The molecule has 1 heterocycles. The van der Waals surface area contributed by atoms with E-state index in [9.17, 15) is 13.2 Å². The molecule has 0 fully saturated rings. The first kappa shape index (κ1) is 13.9. The number of aromatic nitrogens is 2. The van der Waals surface area contributed by atoms with Crippen molar-refractivity contribution >= 4 is 15.8 Å². The highest BCUT2D eigenvalue weighted by molar-refractivity contribution is 7.90. The Bertz CT molecular complexity index is 744. The van der Waals surface area contributed by atoms with E-state index in [4.69, 9.17) is 9.84 Å². The molecule has 0 saturated carbocycles. The number of hydrogen-bond acceptors (Lipinski definition) is 6. The van der Waals surface area contributed by atoms with Crippen LogP contribution in [0.1, 0.15) is 10.4 Å². The fraction of sp³-hybridized carbons (Fsp3) is 0.0833. The lowest BCUT2D eigenvalue weighted by Gasteiger charge is -2.08. The second-order valence-electron chi connectivity index (χ2n) is 3.86. The minimum absolute atomic E-state index is 0.318. The van der Waals surface area contributed by atoms with Gasteiger partial charge in [-0.3, -0.25) is 0 Å². The number of benzene rings is 1. The van der Waals surface area contributed by atoms with Crippen molar-refractivity contribution in [2.75, 3.05) is 6.26 Å². The average molecular weight is 294 g/mol. The Morgan fingerprint density at radius 2 is 1.90 bits per heavy atom. The fourth-order valence-corrected chi connectivity index (χ4v) is 1.85. The van der Waals surface area contributed by atoms with Crippen molar-refractivity contribution in [3.05, 3.63) is 42.1 Å². The first-order valence-electron chi connectivity index (χ1n) is 5.41. The highest BCUT2D eigenvalue weighted by atomic mass is 32.2. The zero-order valence-electron chi connectivity index (χ0n) is 10.3. The van der Waals surface area contributed by atoms with Crippen molar-refractivity contribution in [3.63, 3.8) is 0 Å². The van der Waals surface area contributed by atoms with Crippen molar-refractivity contribution in [1.29, 1.82) is 0 Å². The van der Waals surface area contributed by atoms with Crippen LogP contribution in [0, 0.1) is 0 Å². The van der Waals surface area contributed by atoms with Crippen LogP contribution in [0.2, 0.25) is 0 Å². The van der Waals surface area contributed by atoms with Crippen molar-refractivity contribution < 1.29 is 23.1 Å². The molecule has 2 rings (SSSR count). The standard InChI is InChI=1S/C12H10N2O5S/c1-20(17,18)12-13-7-9(11(15)16)10(14-12)19-8-5-3-2-4-6-8/h2-7H,1H3,(H,15,16). The van der Waals surface area contributed by atoms with Crippen LogP contribution in [-0.2, 0) is 9.84 Å². The summed E-state index contributed by atoms with van der Waals surface area (Å²) < 4.78 is 28.1. The van der Waals surface area contributed by atoms with E-state index in [1.165, 1.54) is 0 Å². The number of carbonyl (C=O) groups is 1. The van der Waals surface area contributed by atoms with Crippen LogP contribution in [0.25, 0.3) is 0 Å². The highest BCUT2D eigenvalue weighted by Gasteiger charge is 2.20. The van der Waals surface area contributed by atoms with E-state index in [0.717, 1.165) is 12.5 Å². The molecule has 0 aliphatic rings. The molecule has 7 nitrogen and oxygen atoms in total. The van der Waals surface area contributed by atoms with Gasteiger partial charge in [0.15, 0.2) is 0 Å². The van der Waals surface area contributed by atoms with Crippen molar-refractivity contribution in [3.8, 4) is 11.6 Å². The molecule has 0 atom stereocenters. The lowest BCUT2D eigenvalue weighted by Crippen LogP contribution is -2.09. The number of ether oxygens (including phenoxy) is 1. The molecular formula is C12H10N2O5S. The van der Waals surface area contributed by atoms with E-state index in [-0.39, 0.29) is 11.4 Å². The Balaban J connectivity index is 2.50. The van der Waals surface area contributed by atoms with Crippen LogP contribution in [0.15, 0.2) is 41.7 Å². The lowest BCUT2D eigenvalue weighted by atomic mass is 10.3. The zero-order chi connectivity index (χ0) is 14.8. The Hall–Kier alpha value is -2.48. The number of rotatable bonds is 4. The molecule has 20 heavy (non-hydrogen) atoms. The van der Waals surface area contributed by atoms with E-state index in [1.807, 2.05) is 0 Å². The van der Waals surface area contributed by atoms with E-state index < -0.39 is 21.0 Å². The number of nitrogens with zero attached hydrogens (tertiary/aromatic N) is 2. The second-order valence-corrected chi connectivity index (χ2v) is 5.77. The molecule has 1 N–H and O–H groups in total. The molecule has 0 amide bonds. The van der Waals surface area contributed by atoms with Gasteiger partial charge in [0.1, 0.15) is 11.3 Å². The molecule has 0 unspecified atom stereocenters. The fourth-order valence-electron chi connectivity index (χ4n) is 1.35. The minimum atomic E-state index is -3.66. The first-order chi connectivity index (χ1) is 9.38. The summed E-state index contributed by atoms with van der Waals surface area (Å²) in [6.45, 7) is 0. The van der Waals surface area contributed by atoms with Gasteiger partial charge >= 0.3 is 5.97 Å². The Morgan fingerprint density at radius 1 is 1.25 bits per heavy atom. The summed E-state index contributed by atoms with van der Waals surface area (Å²) in [5, 5.41) is 8.54. The maximum Gasteiger partial charge on any atom is 0.342 e. The summed E-state index contributed by atoms with van der Waals surface area (Å²) in [4.78, 5) is 18.2. The van der Waals surface area contributed by atoms with Crippen LogP contribution in [0.5, 0.6) is 11.6 Å². The van der Waals surface area contributed by atoms with Gasteiger partial charge in [0.25, 0.3) is 0 Å². The predicted octanol–water partition coefficient (Wildman–Crippen LogP) is 1.37. The minimum Gasteiger partial charge on any atom is -0.477 e. The van der Waals surface area contributed by atoms with Crippen LogP contribution in [0.4, 0.5) is 0 Å². The third-order valence-corrected chi connectivity index (χ3v) is 3.11. The molecule has 0 saturated heterocycles. The van der Waals surface area contributed by atoms with Crippen molar-refractivity contribution in [2.45, 2.75) is 5.16 Å². The molecule has 104 valence electrons. The summed E-state index contributed by atoms with van der Waals surface area (Å²) in [7, 11) is -3.66. The summed E-state index contributed by atoms with van der Waals surface area (Å²) >= 11 is 0. The number of hydrogen-bond donors (Lipinski definition) is 1. The number of aromatic carboxylic acids is 1. The maximum atomic E-state index is 11.4. The topological polar surface area (TPSA) is 106 Å². The summed E-state index contributed by atoms with van der Waals surface area (Å²) in [5.74, 6) is -1.29. The monoisotopic (exact) mass is 294 g/mol. The molecule has 0 aliphatic heterocycles. The molecule has 0 radical (unpaired) electrons. The Morgan fingerprint density at radius 3 is 2.45 bits per heavy atom. The van der Waals surface area contributed by atoms with Gasteiger partial charge in [-0.05, 0) is 12.1 Å². The molecular weight excluding hydrogens is 284 g/mol. The predicted molar refractivity (Wildman–Crippen MR) is 68.6 cm³/mol. The van der Waals surface area contributed by atoms with Gasteiger partial charge in [-0.1, -0.05) is 18.2 Å². The van der Waals surface area contributed by atoms with Crippen molar-refractivity contribution in [1.82, 2.24) is 9.97 Å². The van der Waals surface area contributed by atoms with Gasteiger partial charge < -0.3 is 9.84 Å². The Labute approximate surface area is 114 Å². The molecule has 0 spiro atoms. The van der Waals surface area contributed by atoms with E-state index in [2.05, 4.69) is 9.97 Å². The Kier molecular flexibility index (Phi) is 3.66. The normalized spacial score (nSPS) is 11.1. The van der Waals surface area contributed by atoms with Crippen LogP contribution in [-0.4, -0.2) is 35.7 Å². The van der Waals surface area contributed by atoms with Gasteiger partial charge in [0.2, 0.25) is 20.9 Å². The molecule has 8 heteroatoms. The molecule has 2 aromatic rings. The first-order valence-corrected chi connectivity index (χ1v) is 7.30. The second kappa shape index (κ2) is 5.25. The van der Waals surface area contributed by atoms with Crippen molar-refractivity contribution in [2.24, 2.45) is 0 Å². The number of sulfone groups is 1. The number of para-hydroxylation sites is 1. The zero-order valence-corrected chi connectivity index (χ0v) is 11.2. The largest absolute Gasteiger partial charge is 0.477 e. The SMILES string of the molecule is CS(=O)(=O)c1ncc(C(=O)O)c(Oc2ccccc2)n1. The molecule has 1 aromatic carbocycles. The maximum absolute atomic E-state index is 11.4. The van der Waals surface area contributed by atoms with E-state index in [1.54, 1.807) is 30.3 Å². The summed E-state index contributed by atoms with van der Waals surface area (Å²) in [5.41, 5.74) is -0.318. The summed E-state index contributed by atoms with van der Waals surface area (Å²) in [6.07, 6.45) is 1.83. The van der Waals surface area contributed by atoms with E-state index in [0.29, 0.717) is 5.75 Å². The molecule has 0 bridgehead atoms. The van der Waals surface area contributed by atoms with Gasteiger partial charge in [-0.25, -0.2) is 18.2 Å². The third kappa shape index (κ3) is 3.09. The molecule has 0 aliphatic carbocycles. The van der Waals surface area contributed by atoms with Crippen LogP contribution < -0.4 is 4.74 Å². The number of carboxylic acid groups (broad SMARTS) is 1. The third-order valence-electron chi connectivity index (χ3n) is 2.25. The van der Waals surface area contributed by atoms with Gasteiger partial charge in [-0.2, -0.15) is 4.98 Å². The van der Waals surface area contributed by atoms with Gasteiger partial charge in [-0.15, -0.1) is 0 Å². The van der Waals surface area contributed by atoms with Crippen LogP contribution >= 0.6 is 0 Å². The van der Waals surface area contributed by atoms with Gasteiger partial charge in [0.05, 0.1) is 6.20 Å². The summed E-state index contributed by atoms with van der Waals surface area (Å²) in [6, 6.07) is 8.32. The molecule has 1 aromatic heterocycles.